The van der Waals surface area contributed by atoms with Crippen LogP contribution in [0.5, 0.6) is 5.88 Å². The average Bonchev–Trinajstić information content (AvgIpc) is 3.65. The maximum Gasteiger partial charge on any atom is 0.272 e. The summed E-state index contributed by atoms with van der Waals surface area (Å²) in [6.45, 7) is 0.531. The minimum absolute atomic E-state index is 0.0238. The summed E-state index contributed by atoms with van der Waals surface area (Å²) in [6.07, 6.45) is 1.20. The molecule has 0 spiro atoms. The molecule has 1 aliphatic carbocycles. The molecule has 2 aromatic heterocycles. The number of methoxy groups -OCH3 is 1. The minimum Gasteiger partial charge on any atom is -0.481 e. The first-order chi connectivity index (χ1) is 18.7. The van der Waals surface area contributed by atoms with Gasteiger partial charge < -0.3 is 15.0 Å². The van der Waals surface area contributed by atoms with Crippen LogP contribution in [0.4, 0.5) is 5.82 Å². The van der Waals surface area contributed by atoms with Gasteiger partial charge in [0, 0.05) is 38.3 Å². The van der Waals surface area contributed by atoms with Gasteiger partial charge in [0.2, 0.25) is 15.9 Å². The van der Waals surface area contributed by atoms with Crippen molar-refractivity contribution in [1.29, 1.82) is 5.26 Å². The lowest BCUT2D eigenvalue weighted by Crippen LogP contribution is -2.47. The van der Waals surface area contributed by atoms with Gasteiger partial charge in [-0.3, -0.25) is 19.0 Å². The number of hydrogen-bond acceptors (Lipinski definition) is 8. The highest BCUT2D eigenvalue weighted by Crippen LogP contribution is 2.45. The highest BCUT2D eigenvalue weighted by atomic mass is 32.2. The number of nitrogens with one attached hydrogen (secondary N) is 2. The summed E-state index contributed by atoms with van der Waals surface area (Å²) >= 11 is 0. The largest absolute Gasteiger partial charge is 0.481 e. The van der Waals surface area contributed by atoms with Gasteiger partial charge in [0.25, 0.3) is 11.8 Å². The number of carbonyl (C=O) groups is 2. The lowest BCUT2D eigenvalue weighted by molar-refractivity contribution is 0.0724. The molecule has 39 heavy (non-hydrogen) atoms. The van der Waals surface area contributed by atoms with E-state index in [9.17, 15) is 18.0 Å². The predicted octanol–water partition coefficient (Wildman–Crippen LogP) is 1.60. The van der Waals surface area contributed by atoms with Gasteiger partial charge >= 0.3 is 0 Å². The Labute approximate surface area is 225 Å². The van der Waals surface area contributed by atoms with Crippen LogP contribution in [-0.2, 0) is 30.0 Å². The van der Waals surface area contributed by atoms with Gasteiger partial charge in [-0.25, -0.2) is 8.42 Å². The van der Waals surface area contributed by atoms with Crippen molar-refractivity contribution in [1.82, 2.24) is 25.0 Å². The van der Waals surface area contributed by atoms with Crippen LogP contribution in [0.2, 0.25) is 0 Å². The van der Waals surface area contributed by atoms with E-state index in [1.165, 1.54) is 22.8 Å². The molecule has 202 valence electrons. The number of aryl methyl sites for hydroxylation is 1. The summed E-state index contributed by atoms with van der Waals surface area (Å²) in [5, 5.41) is 16.1. The summed E-state index contributed by atoms with van der Waals surface area (Å²) in [6, 6.07) is 13.7. The van der Waals surface area contributed by atoms with Gasteiger partial charge in [0.15, 0.2) is 5.69 Å². The summed E-state index contributed by atoms with van der Waals surface area (Å²) in [4.78, 5) is 32.0. The van der Waals surface area contributed by atoms with Crippen molar-refractivity contribution in [3.8, 4) is 11.9 Å². The van der Waals surface area contributed by atoms with Crippen LogP contribution in [-0.4, -0.2) is 64.8 Å². The van der Waals surface area contributed by atoms with Gasteiger partial charge in [-0.05, 0) is 43.0 Å². The molecule has 2 amide bonds. The SMILES string of the molecule is COc1cccc(NS(=O)(=O)C2(CN3CCc4c(C(=O)NCc5ccc(C#N)cc5)nn(C)c4C3=O)CC2)n1. The first-order valence-electron chi connectivity index (χ1n) is 12.3. The van der Waals surface area contributed by atoms with E-state index in [0.717, 1.165) is 5.56 Å². The van der Waals surface area contributed by atoms with E-state index in [4.69, 9.17) is 10.00 Å². The number of hydrogen-bond donors (Lipinski definition) is 2. The number of nitrogens with zero attached hydrogens (tertiary/aromatic N) is 5. The normalized spacial score (nSPS) is 15.7. The zero-order valence-corrected chi connectivity index (χ0v) is 22.3. The lowest BCUT2D eigenvalue weighted by Gasteiger charge is -2.31. The number of nitriles is 1. The Kier molecular flexibility index (Phi) is 6.73. The Morgan fingerprint density at radius 1 is 1.21 bits per heavy atom. The number of carbonyl (C=O) groups excluding carboxylic acids is 2. The molecule has 12 nitrogen and oxygen atoms in total. The zero-order valence-electron chi connectivity index (χ0n) is 21.5. The van der Waals surface area contributed by atoms with Crippen LogP contribution in [0.15, 0.2) is 42.5 Å². The zero-order chi connectivity index (χ0) is 27.8. The molecule has 0 bridgehead atoms. The Bertz CT molecular complexity index is 1590. The average molecular weight is 550 g/mol. The molecule has 3 heterocycles. The smallest absolute Gasteiger partial charge is 0.272 e. The van der Waals surface area contributed by atoms with Gasteiger partial charge in [0.05, 0.1) is 18.7 Å². The fourth-order valence-electron chi connectivity index (χ4n) is 4.70. The van der Waals surface area contributed by atoms with Crippen molar-refractivity contribution in [3.05, 3.63) is 70.5 Å². The molecular formula is C26H27N7O5S. The fraction of sp³-hybridized carbons (Fsp3) is 0.346. The second-order valence-corrected chi connectivity index (χ2v) is 11.7. The van der Waals surface area contributed by atoms with E-state index < -0.39 is 20.7 Å². The molecular weight excluding hydrogens is 522 g/mol. The van der Waals surface area contributed by atoms with Gasteiger partial charge in [-0.2, -0.15) is 15.3 Å². The van der Waals surface area contributed by atoms with E-state index in [-0.39, 0.29) is 48.6 Å². The molecule has 0 radical (unpaired) electrons. The standard InChI is InChI=1S/C26H27N7O5S/c1-32-23-19(22(30-32)24(34)28-15-18-8-6-17(14-27)7-9-18)10-13-33(25(23)35)16-26(11-12-26)39(36,37)31-20-4-3-5-21(29-20)38-2/h3-9H,10-13,15-16H2,1-2H3,(H,28,34)(H,29,31). The topological polar surface area (TPSA) is 159 Å². The Hall–Kier alpha value is -4.44. The van der Waals surface area contributed by atoms with E-state index in [1.807, 2.05) is 0 Å². The van der Waals surface area contributed by atoms with E-state index in [2.05, 4.69) is 26.2 Å². The van der Waals surface area contributed by atoms with E-state index in [0.29, 0.717) is 30.4 Å². The van der Waals surface area contributed by atoms with Gasteiger partial charge in [-0.15, -0.1) is 0 Å². The molecule has 1 aromatic carbocycles. The van der Waals surface area contributed by atoms with Gasteiger partial charge in [-0.1, -0.05) is 18.2 Å². The maximum absolute atomic E-state index is 13.5. The lowest BCUT2D eigenvalue weighted by atomic mass is 10.0. The van der Waals surface area contributed by atoms with E-state index >= 15 is 0 Å². The maximum atomic E-state index is 13.5. The summed E-state index contributed by atoms with van der Waals surface area (Å²) in [7, 11) is -0.809. The van der Waals surface area contributed by atoms with Gasteiger partial charge in [0.1, 0.15) is 16.3 Å². The number of benzene rings is 1. The third-order valence-corrected chi connectivity index (χ3v) is 9.20. The molecule has 1 fully saturated rings. The third-order valence-electron chi connectivity index (χ3n) is 7.05. The number of anilines is 1. The first kappa shape index (κ1) is 26.2. The Morgan fingerprint density at radius 3 is 2.62 bits per heavy atom. The van der Waals surface area contributed by atoms with Crippen molar-refractivity contribution in [2.75, 3.05) is 24.9 Å². The van der Waals surface area contributed by atoms with Crippen LogP contribution >= 0.6 is 0 Å². The molecule has 2 N–H and O–H groups in total. The summed E-state index contributed by atoms with van der Waals surface area (Å²) in [5.41, 5.74) is 2.35. The molecule has 0 atom stereocenters. The van der Waals surface area contributed by atoms with Crippen molar-refractivity contribution < 1.29 is 22.7 Å². The molecule has 5 rings (SSSR count). The Balaban J connectivity index is 1.28. The number of rotatable bonds is 9. The number of amides is 2. The number of sulfonamides is 1. The summed E-state index contributed by atoms with van der Waals surface area (Å²) in [5.74, 6) is -0.338. The highest BCUT2D eigenvalue weighted by molar-refractivity contribution is 7.94. The highest BCUT2D eigenvalue weighted by Gasteiger charge is 2.56. The van der Waals surface area contributed by atoms with Crippen LogP contribution in [0, 0.1) is 11.3 Å². The quantitative estimate of drug-likeness (QED) is 0.407. The van der Waals surface area contributed by atoms with Crippen LogP contribution in [0.3, 0.4) is 0 Å². The molecule has 3 aromatic rings. The number of ether oxygens (including phenoxy) is 1. The van der Waals surface area contributed by atoms with Crippen LogP contribution < -0.4 is 14.8 Å². The summed E-state index contributed by atoms with van der Waals surface area (Å²) < 4.78 is 34.4. The third kappa shape index (κ3) is 5.03. The monoisotopic (exact) mass is 549 g/mol. The Morgan fingerprint density at radius 2 is 1.95 bits per heavy atom. The number of pyridine rings is 1. The second-order valence-electron chi connectivity index (χ2n) is 9.62. The predicted molar refractivity (Wildman–Crippen MR) is 140 cm³/mol. The molecule has 0 saturated heterocycles. The fourth-order valence-corrected chi connectivity index (χ4v) is 6.27. The van der Waals surface area contributed by atoms with Crippen LogP contribution in [0.25, 0.3) is 0 Å². The van der Waals surface area contributed by atoms with Crippen molar-refractivity contribution in [3.63, 3.8) is 0 Å². The number of fused-ring (bicyclic) bond motifs is 1. The molecule has 1 saturated carbocycles. The molecule has 0 unspecified atom stereocenters. The second kappa shape index (κ2) is 10.0. The van der Waals surface area contributed by atoms with Crippen molar-refractivity contribution in [2.24, 2.45) is 7.05 Å². The van der Waals surface area contributed by atoms with E-state index in [1.54, 1.807) is 43.4 Å². The van der Waals surface area contributed by atoms with Crippen molar-refractivity contribution in [2.45, 2.75) is 30.6 Å². The molecule has 1 aliphatic heterocycles. The van der Waals surface area contributed by atoms with Crippen molar-refractivity contribution >= 4 is 27.7 Å². The number of aromatic nitrogens is 3. The first-order valence-corrected chi connectivity index (χ1v) is 13.8. The molecule has 2 aliphatic rings. The molecule has 13 heteroatoms. The van der Waals surface area contributed by atoms with Crippen LogP contribution in [0.1, 0.15) is 50.5 Å². The minimum atomic E-state index is -3.85.